The summed E-state index contributed by atoms with van der Waals surface area (Å²) in [6.07, 6.45) is 4.43. The van der Waals surface area contributed by atoms with E-state index >= 15 is 0 Å². The van der Waals surface area contributed by atoms with Gasteiger partial charge < -0.3 is 4.74 Å². The van der Waals surface area contributed by atoms with Crippen LogP contribution in [0.2, 0.25) is 0 Å². The van der Waals surface area contributed by atoms with E-state index in [9.17, 15) is 0 Å². The van der Waals surface area contributed by atoms with E-state index in [0.717, 1.165) is 0 Å². The van der Waals surface area contributed by atoms with Gasteiger partial charge in [0.25, 0.3) is 0 Å². The predicted octanol–water partition coefficient (Wildman–Crippen LogP) is 3.79. The summed E-state index contributed by atoms with van der Waals surface area (Å²) < 4.78 is 5.45. The average Bonchev–Trinajstić information content (AvgIpc) is 2.18. The quantitative estimate of drug-likeness (QED) is 0.502. The summed E-state index contributed by atoms with van der Waals surface area (Å²) in [5.74, 6) is 0.963. The minimum atomic E-state index is 0.165. The van der Waals surface area contributed by atoms with Gasteiger partial charge in [-0.25, -0.2) is 0 Å². The van der Waals surface area contributed by atoms with Crippen LogP contribution in [0.4, 0.5) is 0 Å². The van der Waals surface area contributed by atoms with Crippen LogP contribution >= 0.6 is 11.6 Å². The molecular formula is C12H21ClO. The molecule has 0 heterocycles. The summed E-state index contributed by atoms with van der Waals surface area (Å²) in [4.78, 5) is 0. The van der Waals surface area contributed by atoms with Gasteiger partial charge in [0.05, 0.1) is 6.10 Å². The van der Waals surface area contributed by atoms with Crippen molar-refractivity contribution in [2.24, 2.45) is 5.92 Å². The first-order valence-electron chi connectivity index (χ1n) is 4.95. The van der Waals surface area contributed by atoms with Crippen LogP contribution in [0.5, 0.6) is 0 Å². The van der Waals surface area contributed by atoms with Gasteiger partial charge in [0, 0.05) is 18.9 Å². The standard InChI is InChI=1S/C12H21ClO/c1-6-10(3)12(14-5)11(4)7-9(2)8-13/h6-7,11-12H,8H2,1-5H3/b9-7+,10-6+/t11-,12+/m1/s1. The van der Waals surface area contributed by atoms with E-state index in [1.54, 1.807) is 7.11 Å². The van der Waals surface area contributed by atoms with Crippen LogP contribution in [0.15, 0.2) is 23.3 Å². The molecule has 2 heteroatoms. The van der Waals surface area contributed by atoms with Crippen molar-refractivity contribution in [3.8, 4) is 0 Å². The van der Waals surface area contributed by atoms with E-state index in [-0.39, 0.29) is 6.10 Å². The maximum Gasteiger partial charge on any atom is 0.0838 e. The second-order valence-corrected chi connectivity index (χ2v) is 3.96. The lowest BCUT2D eigenvalue weighted by molar-refractivity contribution is 0.103. The smallest absolute Gasteiger partial charge is 0.0838 e. The molecule has 82 valence electrons. The molecule has 0 fully saturated rings. The van der Waals surface area contributed by atoms with E-state index < -0.39 is 0 Å². The highest BCUT2D eigenvalue weighted by atomic mass is 35.5. The highest BCUT2D eigenvalue weighted by Gasteiger charge is 2.15. The van der Waals surface area contributed by atoms with E-state index in [2.05, 4.69) is 26.0 Å². The van der Waals surface area contributed by atoms with Gasteiger partial charge >= 0.3 is 0 Å². The maximum atomic E-state index is 5.73. The number of hydrogen-bond donors (Lipinski definition) is 0. The molecule has 0 aliphatic carbocycles. The maximum absolute atomic E-state index is 5.73. The van der Waals surface area contributed by atoms with Crippen molar-refractivity contribution in [2.45, 2.75) is 33.8 Å². The fraction of sp³-hybridized carbons (Fsp3) is 0.667. The first-order valence-corrected chi connectivity index (χ1v) is 5.49. The van der Waals surface area contributed by atoms with Crippen LogP contribution < -0.4 is 0 Å². The van der Waals surface area contributed by atoms with Gasteiger partial charge in [-0.3, -0.25) is 0 Å². The van der Waals surface area contributed by atoms with Crippen molar-refractivity contribution in [1.29, 1.82) is 0 Å². The summed E-state index contributed by atoms with van der Waals surface area (Å²) >= 11 is 5.73. The number of rotatable bonds is 5. The van der Waals surface area contributed by atoms with Crippen molar-refractivity contribution in [3.63, 3.8) is 0 Å². The first-order chi connectivity index (χ1) is 6.56. The highest BCUT2D eigenvalue weighted by molar-refractivity contribution is 6.19. The zero-order chi connectivity index (χ0) is 11.1. The summed E-state index contributed by atoms with van der Waals surface area (Å²) in [5, 5.41) is 0. The molecule has 2 atom stereocenters. The number of ether oxygens (including phenoxy) is 1. The largest absolute Gasteiger partial charge is 0.377 e. The molecule has 0 aliphatic rings. The van der Waals surface area contributed by atoms with Crippen molar-refractivity contribution < 1.29 is 4.74 Å². The molecular weight excluding hydrogens is 196 g/mol. The minimum Gasteiger partial charge on any atom is -0.377 e. The molecule has 0 amide bonds. The van der Waals surface area contributed by atoms with Gasteiger partial charge in [0.1, 0.15) is 0 Å². The van der Waals surface area contributed by atoms with Crippen LogP contribution in [-0.4, -0.2) is 19.1 Å². The number of alkyl halides is 1. The van der Waals surface area contributed by atoms with Crippen LogP contribution in [-0.2, 0) is 4.74 Å². The van der Waals surface area contributed by atoms with E-state index in [1.165, 1.54) is 11.1 Å². The normalized spacial score (nSPS) is 18.1. The third kappa shape index (κ3) is 4.30. The van der Waals surface area contributed by atoms with E-state index in [1.807, 2.05) is 13.8 Å². The zero-order valence-corrected chi connectivity index (χ0v) is 10.6. The summed E-state index contributed by atoms with van der Waals surface area (Å²) in [6, 6.07) is 0. The number of halogens is 1. The topological polar surface area (TPSA) is 9.23 Å². The Morgan fingerprint density at radius 2 is 2.00 bits per heavy atom. The molecule has 0 aromatic carbocycles. The van der Waals surface area contributed by atoms with Crippen molar-refractivity contribution >= 4 is 11.6 Å². The molecule has 0 saturated carbocycles. The molecule has 0 bridgehead atoms. The second kappa shape index (κ2) is 7.08. The van der Waals surface area contributed by atoms with Crippen LogP contribution in [0.25, 0.3) is 0 Å². The molecule has 0 aromatic heterocycles. The van der Waals surface area contributed by atoms with Gasteiger partial charge in [0.15, 0.2) is 0 Å². The fourth-order valence-corrected chi connectivity index (χ4v) is 1.65. The molecule has 0 N–H and O–H groups in total. The Kier molecular flexibility index (Phi) is 6.94. The Balaban J connectivity index is 4.55. The number of hydrogen-bond acceptors (Lipinski definition) is 1. The van der Waals surface area contributed by atoms with Crippen LogP contribution in [0, 0.1) is 5.92 Å². The first kappa shape index (κ1) is 13.7. The van der Waals surface area contributed by atoms with Crippen LogP contribution in [0.1, 0.15) is 27.7 Å². The van der Waals surface area contributed by atoms with Crippen molar-refractivity contribution in [2.75, 3.05) is 13.0 Å². The monoisotopic (exact) mass is 216 g/mol. The Morgan fingerprint density at radius 3 is 2.36 bits per heavy atom. The van der Waals surface area contributed by atoms with E-state index in [4.69, 9.17) is 16.3 Å². The van der Waals surface area contributed by atoms with Crippen LogP contribution in [0.3, 0.4) is 0 Å². The molecule has 0 saturated heterocycles. The third-order valence-corrected chi connectivity index (χ3v) is 2.82. The average molecular weight is 217 g/mol. The molecule has 0 unspecified atom stereocenters. The SMILES string of the molecule is C/C=C(\C)[C@H](OC)[C@H](C)/C=C(\C)CCl. The Bertz CT molecular complexity index is 218. The molecule has 14 heavy (non-hydrogen) atoms. The van der Waals surface area contributed by atoms with Gasteiger partial charge in [-0.05, 0) is 26.3 Å². The fourth-order valence-electron chi connectivity index (χ4n) is 1.56. The molecule has 0 radical (unpaired) electrons. The molecule has 0 aromatic rings. The zero-order valence-electron chi connectivity index (χ0n) is 9.80. The van der Waals surface area contributed by atoms with E-state index in [0.29, 0.717) is 11.8 Å². The Morgan fingerprint density at radius 1 is 1.43 bits per heavy atom. The predicted molar refractivity (Wildman–Crippen MR) is 63.9 cm³/mol. The second-order valence-electron chi connectivity index (χ2n) is 3.69. The summed E-state index contributed by atoms with van der Waals surface area (Å²) in [7, 11) is 1.75. The highest BCUT2D eigenvalue weighted by Crippen LogP contribution is 2.18. The molecule has 0 spiro atoms. The summed E-state index contributed by atoms with van der Waals surface area (Å²) in [5.41, 5.74) is 2.46. The van der Waals surface area contributed by atoms with Gasteiger partial charge in [-0.1, -0.05) is 24.6 Å². The summed E-state index contributed by atoms with van der Waals surface area (Å²) in [6.45, 7) is 8.32. The lowest BCUT2D eigenvalue weighted by Gasteiger charge is -2.21. The van der Waals surface area contributed by atoms with Gasteiger partial charge in [-0.2, -0.15) is 0 Å². The Hall–Kier alpha value is -0.270. The number of methoxy groups -OCH3 is 1. The lowest BCUT2D eigenvalue weighted by Crippen LogP contribution is -2.20. The lowest BCUT2D eigenvalue weighted by atomic mass is 9.96. The van der Waals surface area contributed by atoms with Gasteiger partial charge in [-0.15, -0.1) is 11.6 Å². The molecule has 0 rings (SSSR count). The van der Waals surface area contributed by atoms with Crippen molar-refractivity contribution in [1.82, 2.24) is 0 Å². The molecule has 1 nitrogen and oxygen atoms in total. The van der Waals surface area contributed by atoms with Gasteiger partial charge in [0.2, 0.25) is 0 Å². The number of allylic oxidation sites excluding steroid dienone is 2. The molecule has 0 aliphatic heterocycles. The Labute approximate surface area is 92.8 Å². The third-order valence-electron chi connectivity index (χ3n) is 2.39. The minimum absolute atomic E-state index is 0.165. The van der Waals surface area contributed by atoms with Crippen molar-refractivity contribution in [3.05, 3.63) is 23.3 Å².